The highest BCUT2D eigenvalue weighted by molar-refractivity contribution is 5.87. The molecule has 0 spiro atoms. The summed E-state index contributed by atoms with van der Waals surface area (Å²) in [5, 5.41) is 21.8. The van der Waals surface area contributed by atoms with Crippen LogP contribution in [0.5, 0.6) is 5.75 Å². The fraction of sp³-hybridized carbons (Fsp3) is 0.125. The van der Waals surface area contributed by atoms with Gasteiger partial charge in [0, 0.05) is 7.05 Å². The van der Waals surface area contributed by atoms with E-state index in [1.165, 1.54) is 18.5 Å². The number of aromatic nitrogens is 2. The maximum Gasteiger partial charge on any atom is 0.343 e. The van der Waals surface area contributed by atoms with E-state index in [4.69, 9.17) is 0 Å². The number of hydrogen-bond donors (Lipinski definition) is 0. The van der Waals surface area contributed by atoms with Crippen molar-refractivity contribution in [2.75, 3.05) is 0 Å². The van der Waals surface area contributed by atoms with Crippen LogP contribution < -0.4 is 0 Å². The Hall–Kier alpha value is -2.11. The molecule has 0 aliphatic rings. The maximum absolute atomic E-state index is 11.2. The van der Waals surface area contributed by atoms with E-state index in [0.29, 0.717) is 5.52 Å². The molecule has 0 saturated heterocycles. The highest BCUT2D eigenvalue weighted by Crippen LogP contribution is 2.33. The fourth-order valence-electron chi connectivity index (χ4n) is 1.35. The van der Waals surface area contributed by atoms with Crippen LogP contribution in [0.25, 0.3) is 11.0 Å². The van der Waals surface area contributed by atoms with Gasteiger partial charge >= 0.3 is 5.69 Å². The number of nitrogens with zero attached hydrogens (tertiary/aromatic N) is 3. The molecule has 0 atom stereocenters. The molecular formula is C8H6N3O3. The zero-order chi connectivity index (χ0) is 10.3. The first-order valence-corrected chi connectivity index (χ1v) is 3.86. The number of fused-ring (bicyclic) bond motifs is 1. The Morgan fingerprint density at radius 3 is 2.86 bits per heavy atom. The molecule has 6 heteroatoms. The van der Waals surface area contributed by atoms with Gasteiger partial charge in [-0.05, 0) is 12.1 Å². The van der Waals surface area contributed by atoms with Crippen LogP contribution in [0.2, 0.25) is 0 Å². The van der Waals surface area contributed by atoms with Crippen LogP contribution in [-0.2, 0) is 12.2 Å². The second-order valence-corrected chi connectivity index (χ2v) is 2.89. The molecule has 1 heterocycles. The van der Waals surface area contributed by atoms with Gasteiger partial charge in [0.25, 0.3) is 5.75 Å². The molecule has 0 saturated carbocycles. The lowest BCUT2D eigenvalue weighted by atomic mass is 10.2. The molecule has 1 aromatic carbocycles. The lowest BCUT2D eigenvalue weighted by Gasteiger charge is -1.95. The van der Waals surface area contributed by atoms with Gasteiger partial charge in [0.2, 0.25) is 0 Å². The van der Waals surface area contributed by atoms with Crippen molar-refractivity contribution in [2.45, 2.75) is 0 Å². The summed E-state index contributed by atoms with van der Waals surface area (Å²) in [6.07, 6.45) is 1.44. The van der Waals surface area contributed by atoms with Crippen LogP contribution in [0.3, 0.4) is 0 Å². The van der Waals surface area contributed by atoms with Crippen molar-refractivity contribution >= 4 is 16.7 Å². The first-order chi connectivity index (χ1) is 6.61. The van der Waals surface area contributed by atoms with E-state index in [9.17, 15) is 15.2 Å². The number of imidazole rings is 1. The second kappa shape index (κ2) is 2.69. The van der Waals surface area contributed by atoms with Gasteiger partial charge in [-0.2, -0.15) is 0 Å². The van der Waals surface area contributed by atoms with E-state index in [2.05, 4.69) is 4.98 Å². The summed E-state index contributed by atoms with van der Waals surface area (Å²) in [6, 6.07) is 2.71. The van der Waals surface area contributed by atoms with E-state index in [-0.39, 0.29) is 5.52 Å². The average Bonchev–Trinajstić information content (AvgIpc) is 2.47. The van der Waals surface area contributed by atoms with Crippen molar-refractivity contribution in [3.05, 3.63) is 28.6 Å². The molecule has 0 aliphatic heterocycles. The molecule has 0 aliphatic carbocycles. The van der Waals surface area contributed by atoms with Gasteiger partial charge in [-0.3, -0.25) is 15.2 Å². The zero-order valence-electron chi connectivity index (χ0n) is 7.30. The quantitative estimate of drug-likeness (QED) is 0.508. The molecule has 2 aromatic rings. The van der Waals surface area contributed by atoms with E-state index in [0.717, 1.165) is 0 Å². The standard InChI is InChI=1S/C8H6N3O3/c1-10-4-9-7-5(10)2-3-6(12)8(7)11(13)14/h2-4H,1H3. The Labute approximate surface area is 78.6 Å². The Balaban J connectivity index is 2.90. The normalized spacial score (nSPS) is 10.6. The summed E-state index contributed by atoms with van der Waals surface area (Å²) in [4.78, 5) is 13.7. The monoisotopic (exact) mass is 192 g/mol. The van der Waals surface area contributed by atoms with E-state index >= 15 is 0 Å². The predicted octanol–water partition coefficient (Wildman–Crippen LogP) is 1.63. The largest absolute Gasteiger partial charge is 0.343 e. The third-order valence-electron chi connectivity index (χ3n) is 2.02. The van der Waals surface area contributed by atoms with Crippen LogP contribution in [0.15, 0.2) is 18.5 Å². The van der Waals surface area contributed by atoms with Crippen molar-refractivity contribution in [3.63, 3.8) is 0 Å². The van der Waals surface area contributed by atoms with Crippen molar-refractivity contribution in [1.29, 1.82) is 0 Å². The summed E-state index contributed by atoms with van der Waals surface area (Å²) in [7, 11) is 1.71. The minimum Gasteiger partial charge on any atom is -0.334 e. The van der Waals surface area contributed by atoms with Crippen molar-refractivity contribution in [3.8, 4) is 5.75 Å². The number of benzene rings is 1. The third kappa shape index (κ3) is 1.00. The topological polar surface area (TPSA) is 80.9 Å². The van der Waals surface area contributed by atoms with Gasteiger partial charge in [-0.25, -0.2) is 4.98 Å². The zero-order valence-corrected chi connectivity index (χ0v) is 7.30. The van der Waals surface area contributed by atoms with Gasteiger partial charge in [-0.15, -0.1) is 0 Å². The molecule has 0 amide bonds. The number of nitro benzene ring substituents is 1. The second-order valence-electron chi connectivity index (χ2n) is 2.89. The van der Waals surface area contributed by atoms with E-state index < -0.39 is 16.4 Å². The molecule has 0 fully saturated rings. The summed E-state index contributed by atoms with van der Waals surface area (Å²) in [6.45, 7) is 0. The van der Waals surface area contributed by atoms with Crippen LogP contribution >= 0.6 is 0 Å². The Morgan fingerprint density at radius 2 is 2.21 bits per heavy atom. The minimum absolute atomic E-state index is 0.144. The summed E-state index contributed by atoms with van der Waals surface area (Å²) in [5.74, 6) is -0.610. The van der Waals surface area contributed by atoms with Crippen LogP contribution in [0.4, 0.5) is 5.69 Å². The molecule has 14 heavy (non-hydrogen) atoms. The summed E-state index contributed by atoms with van der Waals surface area (Å²) in [5.41, 5.74) is 0.268. The molecule has 1 aromatic heterocycles. The Bertz CT molecular complexity index is 518. The van der Waals surface area contributed by atoms with Crippen molar-refractivity contribution in [1.82, 2.24) is 9.55 Å². The van der Waals surface area contributed by atoms with Gasteiger partial charge in [0.15, 0.2) is 5.52 Å². The first-order valence-electron chi connectivity index (χ1n) is 3.86. The maximum atomic E-state index is 11.2. The SMILES string of the molecule is Cn1cnc2c([N+](=O)[O-])c([O])ccc21. The lowest BCUT2D eigenvalue weighted by Crippen LogP contribution is -1.90. The molecule has 0 bridgehead atoms. The molecular weight excluding hydrogens is 186 g/mol. The highest BCUT2D eigenvalue weighted by Gasteiger charge is 2.22. The molecule has 2 rings (SSSR count). The average molecular weight is 192 g/mol. The number of aryl methyl sites for hydroxylation is 1. The smallest absolute Gasteiger partial charge is 0.334 e. The van der Waals surface area contributed by atoms with Crippen LogP contribution in [0.1, 0.15) is 0 Å². The number of nitro groups is 1. The number of hydrogen-bond acceptors (Lipinski definition) is 3. The number of rotatable bonds is 1. The van der Waals surface area contributed by atoms with Crippen molar-refractivity contribution < 1.29 is 10.0 Å². The van der Waals surface area contributed by atoms with Gasteiger partial charge in [0.1, 0.15) is 0 Å². The predicted molar refractivity (Wildman–Crippen MR) is 47.5 cm³/mol. The molecule has 0 unspecified atom stereocenters. The fourth-order valence-corrected chi connectivity index (χ4v) is 1.35. The lowest BCUT2D eigenvalue weighted by molar-refractivity contribution is -0.384. The molecule has 6 nitrogen and oxygen atoms in total. The molecule has 71 valence electrons. The summed E-state index contributed by atoms with van der Waals surface area (Å²) < 4.78 is 1.63. The van der Waals surface area contributed by atoms with Crippen LogP contribution in [-0.4, -0.2) is 14.5 Å². The molecule has 1 radical (unpaired) electrons. The third-order valence-corrected chi connectivity index (χ3v) is 2.02. The summed E-state index contributed by atoms with van der Waals surface area (Å²) >= 11 is 0. The minimum atomic E-state index is -0.697. The van der Waals surface area contributed by atoms with Gasteiger partial charge in [-0.1, -0.05) is 0 Å². The highest BCUT2D eigenvalue weighted by atomic mass is 16.6. The van der Waals surface area contributed by atoms with Crippen molar-refractivity contribution in [2.24, 2.45) is 7.05 Å². The van der Waals surface area contributed by atoms with Crippen LogP contribution in [0, 0.1) is 10.1 Å². The van der Waals surface area contributed by atoms with E-state index in [1.54, 1.807) is 11.6 Å². The Morgan fingerprint density at radius 1 is 1.50 bits per heavy atom. The van der Waals surface area contributed by atoms with Gasteiger partial charge < -0.3 is 4.57 Å². The van der Waals surface area contributed by atoms with Gasteiger partial charge in [0.05, 0.1) is 16.8 Å². The Kier molecular flexibility index (Phi) is 1.63. The molecule has 0 N–H and O–H groups in total. The van der Waals surface area contributed by atoms with E-state index in [1.807, 2.05) is 0 Å². The first kappa shape index (κ1) is 8.49.